The molecule has 0 aromatic heterocycles. The number of hydrogen-bond acceptors (Lipinski definition) is 4. The summed E-state index contributed by atoms with van der Waals surface area (Å²) in [6, 6.07) is 6.01. The molecule has 2 rings (SSSR count). The Labute approximate surface area is 157 Å². The van der Waals surface area contributed by atoms with Crippen molar-refractivity contribution >= 4 is 24.0 Å². The summed E-state index contributed by atoms with van der Waals surface area (Å²) in [5.74, 6) is 1.59. The quantitative estimate of drug-likeness (QED) is 0.725. The minimum Gasteiger partial charge on any atom is -0.490 e. The van der Waals surface area contributed by atoms with Crippen LogP contribution in [0.25, 0.3) is 0 Å². The molecule has 1 amide bonds. The highest BCUT2D eigenvalue weighted by Crippen LogP contribution is 2.31. The van der Waals surface area contributed by atoms with Crippen LogP contribution in [0.3, 0.4) is 0 Å². The van der Waals surface area contributed by atoms with Gasteiger partial charge in [-0.15, -0.1) is 12.4 Å². The van der Waals surface area contributed by atoms with E-state index in [0.717, 1.165) is 43.7 Å². The summed E-state index contributed by atoms with van der Waals surface area (Å²) in [5, 5.41) is 6.40. The average Bonchev–Trinajstić information content (AvgIpc) is 2.59. The number of piperidine rings is 1. The Morgan fingerprint density at radius 3 is 2.52 bits per heavy atom. The van der Waals surface area contributed by atoms with E-state index in [9.17, 15) is 4.79 Å². The highest BCUT2D eigenvalue weighted by atomic mass is 35.5. The van der Waals surface area contributed by atoms with E-state index in [1.54, 1.807) is 0 Å². The van der Waals surface area contributed by atoms with Gasteiger partial charge < -0.3 is 20.1 Å². The zero-order chi connectivity index (χ0) is 17.4. The predicted octanol–water partition coefficient (Wildman–Crippen LogP) is 4.01. The number of rotatable bonds is 8. The fraction of sp³-hybridized carbons (Fsp3) is 0.632. The molecule has 1 saturated heterocycles. The molecule has 6 heteroatoms. The molecule has 0 unspecified atom stereocenters. The highest BCUT2D eigenvalue weighted by molar-refractivity contribution is 5.93. The number of hydrogen-bond donors (Lipinski definition) is 2. The molecule has 1 aliphatic rings. The van der Waals surface area contributed by atoms with Crippen molar-refractivity contribution in [3.05, 3.63) is 18.2 Å². The van der Waals surface area contributed by atoms with Crippen LogP contribution in [0, 0.1) is 5.92 Å². The van der Waals surface area contributed by atoms with E-state index in [2.05, 4.69) is 31.4 Å². The van der Waals surface area contributed by atoms with E-state index in [0.29, 0.717) is 25.0 Å². The molecule has 25 heavy (non-hydrogen) atoms. The third-order valence-electron chi connectivity index (χ3n) is 4.13. The fourth-order valence-electron chi connectivity index (χ4n) is 2.86. The molecule has 0 aliphatic carbocycles. The van der Waals surface area contributed by atoms with Crippen LogP contribution in [0.1, 0.15) is 46.5 Å². The minimum absolute atomic E-state index is 0. The maximum atomic E-state index is 12.5. The molecule has 142 valence electrons. The van der Waals surface area contributed by atoms with E-state index in [-0.39, 0.29) is 24.2 Å². The summed E-state index contributed by atoms with van der Waals surface area (Å²) >= 11 is 0. The highest BCUT2D eigenvalue weighted by Gasteiger charge is 2.24. The van der Waals surface area contributed by atoms with Gasteiger partial charge in [0.1, 0.15) is 0 Å². The molecule has 5 nitrogen and oxygen atoms in total. The topological polar surface area (TPSA) is 59.6 Å². The largest absolute Gasteiger partial charge is 0.490 e. The van der Waals surface area contributed by atoms with Crippen molar-refractivity contribution in [1.29, 1.82) is 0 Å². The molecular weight excluding hydrogens is 340 g/mol. The van der Waals surface area contributed by atoms with Crippen molar-refractivity contribution in [2.75, 3.05) is 25.1 Å². The first-order valence-electron chi connectivity index (χ1n) is 9.07. The van der Waals surface area contributed by atoms with Gasteiger partial charge >= 0.3 is 0 Å². The average molecular weight is 371 g/mol. The first-order valence-corrected chi connectivity index (χ1v) is 9.07. The van der Waals surface area contributed by atoms with E-state index >= 15 is 0 Å². The molecule has 0 bridgehead atoms. The van der Waals surface area contributed by atoms with Gasteiger partial charge in [-0.3, -0.25) is 4.79 Å². The minimum atomic E-state index is 0. The molecule has 0 spiro atoms. The van der Waals surface area contributed by atoms with Gasteiger partial charge in [0.2, 0.25) is 5.91 Å². The Morgan fingerprint density at radius 2 is 1.88 bits per heavy atom. The maximum Gasteiger partial charge on any atom is 0.227 e. The van der Waals surface area contributed by atoms with Gasteiger partial charge in [0, 0.05) is 23.7 Å². The van der Waals surface area contributed by atoms with Crippen LogP contribution < -0.4 is 20.1 Å². The van der Waals surface area contributed by atoms with Gasteiger partial charge in [-0.1, -0.05) is 13.8 Å². The number of halogens is 1. The number of carbonyl (C=O) groups is 1. The van der Waals surface area contributed by atoms with Gasteiger partial charge in [-0.25, -0.2) is 0 Å². The molecule has 1 fully saturated rings. The van der Waals surface area contributed by atoms with Crippen molar-refractivity contribution < 1.29 is 14.3 Å². The number of benzene rings is 1. The van der Waals surface area contributed by atoms with Crippen molar-refractivity contribution in [3.8, 4) is 11.5 Å². The normalized spacial score (nSPS) is 19.6. The zero-order valence-electron chi connectivity index (χ0n) is 15.5. The van der Waals surface area contributed by atoms with Crippen LogP contribution >= 0.6 is 12.4 Å². The van der Waals surface area contributed by atoms with Crippen molar-refractivity contribution in [2.45, 2.75) is 52.5 Å². The van der Waals surface area contributed by atoms with Crippen LogP contribution in [0.5, 0.6) is 11.5 Å². The molecule has 0 radical (unpaired) electrons. The Balaban J connectivity index is 0.00000312. The lowest BCUT2D eigenvalue weighted by Gasteiger charge is -2.27. The van der Waals surface area contributed by atoms with Crippen LogP contribution in [0.4, 0.5) is 5.69 Å². The zero-order valence-corrected chi connectivity index (χ0v) is 16.3. The van der Waals surface area contributed by atoms with Crippen LogP contribution in [-0.4, -0.2) is 31.7 Å². The summed E-state index contributed by atoms with van der Waals surface area (Å²) in [5.41, 5.74) is 0.765. The predicted molar refractivity (Wildman–Crippen MR) is 104 cm³/mol. The molecule has 1 aliphatic heterocycles. The standard InChI is InChI=1S/C19H30N2O3.ClH/c1-4-10-23-17-7-6-16(13-18(17)24-11-5-2)21-19(22)15-8-9-20-14(3)12-15;/h6-7,13-15,20H,4-5,8-12H2,1-3H3,(H,21,22);1H/t14-,15-;/m0./s1. The third kappa shape index (κ3) is 6.75. The van der Waals surface area contributed by atoms with Crippen LogP contribution in [-0.2, 0) is 4.79 Å². The Hall–Kier alpha value is -1.46. The molecule has 1 heterocycles. The molecule has 1 aromatic rings. The number of carbonyl (C=O) groups excluding carboxylic acids is 1. The van der Waals surface area contributed by atoms with Gasteiger partial charge in [-0.05, 0) is 51.3 Å². The van der Waals surface area contributed by atoms with E-state index in [4.69, 9.17) is 9.47 Å². The molecule has 0 saturated carbocycles. The second-order valence-electron chi connectivity index (χ2n) is 6.42. The summed E-state index contributed by atoms with van der Waals surface area (Å²) < 4.78 is 11.5. The second kappa shape index (κ2) is 11.2. The summed E-state index contributed by atoms with van der Waals surface area (Å²) in [7, 11) is 0. The Kier molecular flexibility index (Phi) is 9.68. The SMILES string of the molecule is CCCOc1ccc(NC(=O)[C@H]2CCN[C@@H](C)C2)cc1OCCC.Cl. The number of ether oxygens (including phenoxy) is 2. The second-order valence-corrected chi connectivity index (χ2v) is 6.42. The smallest absolute Gasteiger partial charge is 0.227 e. The number of amides is 1. The molecule has 2 atom stereocenters. The van der Waals surface area contributed by atoms with Crippen LogP contribution in [0.2, 0.25) is 0 Å². The van der Waals surface area contributed by atoms with Crippen molar-refractivity contribution in [1.82, 2.24) is 5.32 Å². The molecule has 2 N–H and O–H groups in total. The van der Waals surface area contributed by atoms with Crippen molar-refractivity contribution in [3.63, 3.8) is 0 Å². The van der Waals surface area contributed by atoms with Gasteiger partial charge in [0.05, 0.1) is 13.2 Å². The maximum absolute atomic E-state index is 12.5. The first-order chi connectivity index (χ1) is 11.6. The summed E-state index contributed by atoms with van der Waals surface area (Å²) in [6.45, 7) is 8.44. The van der Waals surface area contributed by atoms with Crippen molar-refractivity contribution in [2.24, 2.45) is 5.92 Å². The lowest BCUT2D eigenvalue weighted by Crippen LogP contribution is -2.40. The lowest BCUT2D eigenvalue weighted by atomic mass is 9.92. The number of nitrogens with one attached hydrogen (secondary N) is 2. The summed E-state index contributed by atoms with van der Waals surface area (Å²) in [4.78, 5) is 12.5. The van der Waals surface area contributed by atoms with Crippen LogP contribution in [0.15, 0.2) is 18.2 Å². The monoisotopic (exact) mass is 370 g/mol. The van der Waals surface area contributed by atoms with Gasteiger partial charge in [-0.2, -0.15) is 0 Å². The molecule has 1 aromatic carbocycles. The fourth-order valence-corrected chi connectivity index (χ4v) is 2.86. The molecular formula is C19H31ClN2O3. The number of anilines is 1. The first kappa shape index (κ1) is 21.6. The Bertz CT molecular complexity index is 539. The van der Waals surface area contributed by atoms with E-state index in [1.807, 2.05) is 18.2 Å². The van der Waals surface area contributed by atoms with Gasteiger partial charge in [0.25, 0.3) is 0 Å². The summed E-state index contributed by atoms with van der Waals surface area (Å²) in [6.07, 6.45) is 3.63. The third-order valence-corrected chi connectivity index (χ3v) is 4.13. The Morgan fingerprint density at radius 1 is 1.20 bits per heavy atom. The lowest BCUT2D eigenvalue weighted by molar-refractivity contribution is -0.120. The van der Waals surface area contributed by atoms with E-state index in [1.165, 1.54) is 0 Å². The van der Waals surface area contributed by atoms with Gasteiger partial charge in [0.15, 0.2) is 11.5 Å². The van der Waals surface area contributed by atoms with E-state index < -0.39 is 0 Å².